The second kappa shape index (κ2) is 11.3. The lowest BCUT2D eigenvalue weighted by Crippen LogP contribution is -2.28. The number of nitrogens with zero attached hydrogens (tertiary/aromatic N) is 3. The van der Waals surface area contributed by atoms with Gasteiger partial charge in [0, 0.05) is 22.9 Å². The third kappa shape index (κ3) is 5.27. The number of hydrogen-bond acceptors (Lipinski definition) is 8. The second-order valence-electron chi connectivity index (χ2n) is 8.68. The van der Waals surface area contributed by atoms with Gasteiger partial charge in [-0.05, 0) is 17.2 Å². The van der Waals surface area contributed by atoms with Crippen LogP contribution in [0, 0.1) is 0 Å². The van der Waals surface area contributed by atoms with Gasteiger partial charge < -0.3 is 19.7 Å². The molecule has 2 N–H and O–H groups in total. The molecule has 9 nitrogen and oxygen atoms in total. The maximum absolute atomic E-state index is 14.0. The van der Waals surface area contributed by atoms with E-state index in [1.165, 1.54) is 18.4 Å². The van der Waals surface area contributed by atoms with Gasteiger partial charge in [-0.15, -0.1) is 11.3 Å². The first-order valence-electron chi connectivity index (χ1n) is 12.1. The average molecular weight is 541 g/mol. The summed E-state index contributed by atoms with van der Waals surface area (Å²) >= 11 is 1.34. The summed E-state index contributed by atoms with van der Waals surface area (Å²) < 4.78 is 6.18. The van der Waals surface area contributed by atoms with Crippen molar-refractivity contribution in [1.82, 2.24) is 19.9 Å². The van der Waals surface area contributed by atoms with Crippen molar-refractivity contribution in [3.63, 3.8) is 0 Å². The Balaban J connectivity index is 1.77. The molecule has 0 aliphatic carbocycles. The molecule has 0 aliphatic heterocycles. The number of rotatable bonds is 8. The number of esters is 1. The van der Waals surface area contributed by atoms with Crippen LogP contribution in [-0.4, -0.2) is 45.2 Å². The summed E-state index contributed by atoms with van der Waals surface area (Å²) in [6.07, 6.45) is -0.0374. The van der Waals surface area contributed by atoms with Gasteiger partial charge in [-0.2, -0.15) is 0 Å². The van der Waals surface area contributed by atoms with Crippen molar-refractivity contribution >= 4 is 34.1 Å². The molecule has 0 radical (unpaired) electrons. The van der Waals surface area contributed by atoms with Crippen LogP contribution in [-0.2, 0) is 16.1 Å². The van der Waals surface area contributed by atoms with Gasteiger partial charge in [-0.1, -0.05) is 60.7 Å². The van der Waals surface area contributed by atoms with Crippen LogP contribution in [0.25, 0.3) is 33.4 Å². The van der Waals surface area contributed by atoms with E-state index >= 15 is 0 Å². The number of fused-ring (bicyclic) bond motifs is 1. The molecule has 10 heteroatoms. The number of aromatic nitrogens is 3. The van der Waals surface area contributed by atoms with E-state index in [1.54, 1.807) is 21.5 Å². The minimum Gasteiger partial charge on any atom is -0.505 e. The fourth-order valence-corrected chi connectivity index (χ4v) is 4.86. The van der Waals surface area contributed by atoms with Gasteiger partial charge in [0.05, 0.1) is 31.1 Å². The molecule has 0 atom stereocenters. The van der Waals surface area contributed by atoms with E-state index in [2.05, 4.69) is 20.0 Å². The van der Waals surface area contributed by atoms with E-state index in [9.17, 15) is 19.5 Å². The van der Waals surface area contributed by atoms with E-state index in [1.807, 2.05) is 60.7 Å². The highest BCUT2D eigenvalue weighted by molar-refractivity contribution is 7.07. The van der Waals surface area contributed by atoms with Crippen LogP contribution < -0.4 is 10.9 Å². The zero-order valence-corrected chi connectivity index (χ0v) is 21.8. The molecule has 0 aliphatic rings. The summed E-state index contributed by atoms with van der Waals surface area (Å²) in [6.45, 7) is 0.208. The molecule has 3 aromatic heterocycles. The number of thiazole rings is 1. The molecule has 5 rings (SSSR count). The van der Waals surface area contributed by atoms with Crippen molar-refractivity contribution in [1.29, 1.82) is 0 Å². The Morgan fingerprint density at radius 2 is 1.79 bits per heavy atom. The van der Waals surface area contributed by atoms with Crippen LogP contribution >= 0.6 is 11.3 Å². The number of ether oxygens (including phenoxy) is 1. The number of benzene rings is 2. The summed E-state index contributed by atoms with van der Waals surface area (Å²) in [5.41, 5.74) is 4.13. The van der Waals surface area contributed by atoms with E-state index in [0.717, 1.165) is 5.56 Å². The third-order valence-corrected chi connectivity index (χ3v) is 6.80. The number of carbonyl (C=O) groups is 2. The second-order valence-corrected chi connectivity index (χ2v) is 9.40. The number of amides is 1. The first-order valence-corrected chi connectivity index (χ1v) is 13.1. The highest BCUT2D eigenvalue weighted by Crippen LogP contribution is 2.36. The fourth-order valence-electron chi connectivity index (χ4n) is 4.32. The van der Waals surface area contributed by atoms with Crippen molar-refractivity contribution in [2.75, 3.05) is 13.7 Å². The largest absolute Gasteiger partial charge is 0.505 e. The predicted octanol–water partition coefficient (Wildman–Crippen LogP) is 4.23. The van der Waals surface area contributed by atoms with Crippen molar-refractivity contribution in [3.8, 4) is 28.3 Å². The Hall–Kier alpha value is -4.83. The zero-order valence-electron chi connectivity index (χ0n) is 21.0. The number of carbonyl (C=O) groups excluding carboxylic acids is 2. The molecule has 5 aromatic rings. The van der Waals surface area contributed by atoms with Crippen LogP contribution in [0.5, 0.6) is 5.75 Å². The van der Waals surface area contributed by atoms with E-state index < -0.39 is 11.9 Å². The maximum atomic E-state index is 14.0. The minimum absolute atomic E-state index is 0.000527. The molecule has 0 saturated carbocycles. The van der Waals surface area contributed by atoms with Gasteiger partial charge >= 0.3 is 5.97 Å². The van der Waals surface area contributed by atoms with Gasteiger partial charge in [0.2, 0.25) is 0 Å². The first-order chi connectivity index (χ1) is 19.0. The van der Waals surface area contributed by atoms with Crippen LogP contribution in [0.15, 0.2) is 82.4 Å². The molecular formula is C29H24N4O5S. The molecule has 0 fully saturated rings. The molecule has 0 saturated heterocycles. The summed E-state index contributed by atoms with van der Waals surface area (Å²) in [5.74, 6) is -1.53. The average Bonchev–Trinajstić information content (AvgIpc) is 3.50. The van der Waals surface area contributed by atoms with Crippen molar-refractivity contribution < 1.29 is 19.4 Å². The van der Waals surface area contributed by atoms with Crippen molar-refractivity contribution in [2.24, 2.45) is 0 Å². The van der Waals surface area contributed by atoms with E-state index in [4.69, 9.17) is 0 Å². The van der Waals surface area contributed by atoms with Gasteiger partial charge in [0.25, 0.3) is 11.5 Å². The smallest absolute Gasteiger partial charge is 0.307 e. The lowest BCUT2D eigenvalue weighted by atomic mass is 10.0. The Morgan fingerprint density at radius 1 is 1.08 bits per heavy atom. The van der Waals surface area contributed by atoms with E-state index in [-0.39, 0.29) is 47.6 Å². The minimum atomic E-state index is -0.670. The van der Waals surface area contributed by atoms with Gasteiger partial charge in [-0.3, -0.25) is 14.4 Å². The number of pyridine rings is 2. The molecule has 0 spiro atoms. The number of nitrogens with one attached hydrogen (secondary N) is 1. The number of hydrogen-bond donors (Lipinski definition) is 2. The lowest BCUT2D eigenvalue weighted by Gasteiger charge is -2.18. The first kappa shape index (κ1) is 25.8. The van der Waals surface area contributed by atoms with Crippen LogP contribution in [0.3, 0.4) is 0 Å². The molecular weight excluding hydrogens is 516 g/mol. The monoisotopic (exact) mass is 540 g/mol. The van der Waals surface area contributed by atoms with Gasteiger partial charge in [0.15, 0.2) is 11.4 Å². The van der Waals surface area contributed by atoms with Gasteiger partial charge in [-0.25, -0.2) is 9.97 Å². The molecule has 2 aromatic carbocycles. The Bertz CT molecular complexity index is 1700. The molecule has 196 valence electrons. The molecule has 3 heterocycles. The molecule has 1 amide bonds. The Kier molecular flexibility index (Phi) is 7.46. The highest BCUT2D eigenvalue weighted by Gasteiger charge is 2.25. The molecule has 0 unspecified atom stereocenters. The topological polar surface area (TPSA) is 123 Å². The zero-order chi connectivity index (χ0) is 27.4. The van der Waals surface area contributed by atoms with Crippen molar-refractivity contribution in [3.05, 3.63) is 99.2 Å². The van der Waals surface area contributed by atoms with Crippen molar-refractivity contribution in [2.45, 2.75) is 13.0 Å². The highest BCUT2D eigenvalue weighted by atomic mass is 32.1. The van der Waals surface area contributed by atoms with Crippen LogP contribution in [0.1, 0.15) is 22.5 Å². The Labute approximate surface area is 227 Å². The fraction of sp³-hybridized carbons (Fsp3) is 0.138. The standard InChI is InChI=1S/C29H24N4O5S/c1-38-23(34)12-13-30-28(36)25-27(35)21-14-20(19-10-6-3-7-11-19)29(37)33(15-18-8-4-2-5-9-18)26(21)24(32-25)22-16-39-17-31-22/h2-11,14,16-17,35H,12-13,15H2,1H3,(H,30,36). The van der Waals surface area contributed by atoms with Gasteiger partial charge in [0.1, 0.15) is 11.4 Å². The molecule has 0 bridgehead atoms. The summed E-state index contributed by atoms with van der Waals surface area (Å²) in [4.78, 5) is 47.5. The predicted molar refractivity (Wildman–Crippen MR) is 149 cm³/mol. The van der Waals surface area contributed by atoms with Crippen LogP contribution in [0.2, 0.25) is 0 Å². The summed E-state index contributed by atoms with van der Waals surface area (Å²) in [7, 11) is 1.26. The normalized spacial score (nSPS) is 10.9. The number of aromatic hydroxyl groups is 1. The third-order valence-electron chi connectivity index (χ3n) is 6.22. The molecule has 39 heavy (non-hydrogen) atoms. The van der Waals surface area contributed by atoms with E-state index in [0.29, 0.717) is 22.3 Å². The maximum Gasteiger partial charge on any atom is 0.307 e. The van der Waals surface area contributed by atoms with Crippen LogP contribution in [0.4, 0.5) is 0 Å². The quantitative estimate of drug-likeness (QED) is 0.282. The SMILES string of the molecule is COC(=O)CCNC(=O)c1nc(-c2cscn2)c2c(cc(-c3ccccc3)c(=O)n2Cc2ccccc2)c1O. The summed E-state index contributed by atoms with van der Waals surface area (Å²) in [6, 6.07) is 20.2. The lowest BCUT2D eigenvalue weighted by molar-refractivity contribution is -0.140. The summed E-state index contributed by atoms with van der Waals surface area (Å²) in [5, 5.41) is 16.0. The Morgan fingerprint density at radius 3 is 2.46 bits per heavy atom. The number of methoxy groups -OCH3 is 1.